The Hall–Kier alpha value is -2.67. The molecule has 110 valence electrons. The van der Waals surface area contributed by atoms with Crippen molar-refractivity contribution in [3.63, 3.8) is 0 Å². The van der Waals surface area contributed by atoms with Crippen molar-refractivity contribution in [2.24, 2.45) is 0 Å². The fraction of sp³-hybridized carbons (Fsp3) is 0.278. The molecule has 1 aliphatic rings. The molecule has 0 fully saturated rings. The van der Waals surface area contributed by atoms with Crippen molar-refractivity contribution in [1.29, 1.82) is 5.26 Å². The second-order valence-corrected chi connectivity index (χ2v) is 5.82. The zero-order valence-electron chi connectivity index (χ0n) is 13.2. The van der Waals surface area contributed by atoms with Gasteiger partial charge >= 0.3 is 0 Å². The highest BCUT2D eigenvalue weighted by Gasteiger charge is 2.25. The molecule has 2 aromatic rings. The first-order chi connectivity index (χ1) is 10.4. The van der Waals surface area contributed by atoms with Gasteiger partial charge in [0.2, 0.25) is 0 Å². The van der Waals surface area contributed by atoms with Crippen molar-refractivity contribution in [2.75, 3.05) is 7.05 Å². The fourth-order valence-electron chi connectivity index (χ4n) is 2.90. The summed E-state index contributed by atoms with van der Waals surface area (Å²) in [6.45, 7) is 6.50. The van der Waals surface area contributed by atoms with Crippen LogP contribution in [0.2, 0.25) is 0 Å². The lowest BCUT2D eigenvalue weighted by Gasteiger charge is -2.12. The van der Waals surface area contributed by atoms with E-state index in [1.165, 1.54) is 0 Å². The van der Waals surface area contributed by atoms with Gasteiger partial charge in [-0.15, -0.1) is 0 Å². The SMILES string of the molecule is Cc1nc(-c2ccc3c(c2)CN(C)C3=O)c(C#N)c(C)c1C. The highest BCUT2D eigenvalue weighted by atomic mass is 16.2. The van der Waals surface area contributed by atoms with E-state index >= 15 is 0 Å². The van der Waals surface area contributed by atoms with E-state index in [-0.39, 0.29) is 5.91 Å². The van der Waals surface area contributed by atoms with Crippen LogP contribution in [0.3, 0.4) is 0 Å². The molecule has 2 heterocycles. The Morgan fingerprint density at radius 1 is 1.23 bits per heavy atom. The predicted octanol–water partition coefficient (Wildman–Crippen LogP) is 3.13. The fourth-order valence-corrected chi connectivity index (χ4v) is 2.90. The molecule has 22 heavy (non-hydrogen) atoms. The van der Waals surface area contributed by atoms with E-state index in [1.54, 1.807) is 11.9 Å². The molecule has 3 rings (SSSR count). The molecule has 1 aromatic carbocycles. The molecule has 0 unspecified atom stereocenters. The number of nitrogens with zero attached hydrogens (tertiary/aromatic N) is 3. The van der Waals surface area contributed by atoms with Crippen molar-refractivity contribution < 1.29 is 4.79 Å². The van der Waals surface area contributed by atoms with Crippen LogP contribution in [0.4, 0.5) is 0 Å². The van der Waals surface area contributed by atoms with Crippen LogP contribution in [0.5, 0.6) is 0 Å². The zero-order valence-corrected chi connectivity index (χ0v) is 13.2. The molecule has 0 atom stereocenters. The number of hydrogen-bond acceptors (Lipinski definition) is 3. The summed E-state index contributed by atoms with van der Waals surface area (Å²) >= 11 is 0. The van der Waals surface area contributed by atoms with Gasteiger partial charge in [-0.05, 0) is 49.6 Å². The molecule has 0 saturated carbocycles. The molecule has 4 heteroatoms. The first-order valence-electron chi connectivity index (χ1n) is 7.20. The average molecular weight is 291 g/mol. The third kappa shape index (κ3) is 1.98. The van der Waals surface area contributed by atoms with Crippen LogP contribution in [-0.4, -0.2) is 22.8 Å². The summed E-state index contributed by atoms with van der Waals surface area (Å²) in [5.74, 6) is 0.0475. The van der Waals surface area contributed by atoms with Gasteiger partial charge in [-0.3, -0.25) is 9.78 Å². The quantitative estimate of drug-likeness (QED) is 0.811. The van der Waals surface area contributed by atoms with Gasteiger partial charge in [0.25, 0.3) is 5.91 Å². The third-order valence-corrected chi connectivity index (χ3v) is 4.47. The minimum Gasteiger partial charge on any atom is -0.337 e. The lowest BCUT2D eigenvalue weighted by Crippen LogP contribution is -2.17. The lowest BCUT2D eigenvalue weighted by atomic mass is 9.96. The van der Waals surface area contributed by atoms with E-state index in [2.05, 4.69) is 11.1 Å². The number of amides is 1. The molecule has 0 saturated heterocycles. The number of benzene rings is 1. The Morgan fingerprint density at radius 2 is 1.95 bits per heavy atom. The zero-order chi connectivity index (χ0) is 16.0. The van der Waals surface area contributed by atoms with Crippen LogP contribution in [0, 0.1) is 32.1 Å². The molecular formula is C18H17N3O. The van der Waals surface area contributed by atoms with Crippen LogP contribution in [0.1, 0.15) is 38.3 Å². The largest absolute Gasteiger partial charge is 0.337 e. The van der Waals surface area contributed by atoms with E-state index in [0.717, 1.165) is 33.5 Å². The average Bonchev–Trinajstić information content (AvgIpc) is 2.79. The molecule has 1 aromatic heterocycles. The van der Waals surface area contributed by atoms with Gasteiger partial charge in [0.15, 0.2) is 0 Å². The number of carbonyl (C=O) groups excluding carboxylic acids is 1. The van der Waals surface area contributed by atoms with Crippen LogP contribution in [0.15, 0.2) is 18.2 Å². The normalized spacial score (nSPS) is 13.2. The summed E-state index contributed by atoms with van der Waals surface area (Å²) in [6.07, 6.45) is 0. The van der Waals surface area contributed by atoms with E-state index in [1.807, 2.05) is 39.0 Å². The van der Waals surface area contributed by atoms with Gasteiger partial charge in [0, 0.05) is 30.4 Å². The number of fused-ring (bicyclic) bond motifs is 1. The molecule has 1 aliphatic heterocycles. The van der Waals surface area contributed by atoms with Crippen molar-refractivity contribution in [3.05, 3.63) is 51.7 Å². The van der Waals surface area contributed by atoms with Gasteiger partial charge in [0.05, 0.1) is 11.3 Å². The molecule has 0 N–H and O–H groups in total. The summed E-state index contributed by atoms with van der Waals surface area (Å²) in [6, 6.07) is 7.98. The van der Waals surface area contributed by atoms with Gasteiger partial charge < -0.3 is 4.90 Å². The molecule has 0 bridgehead atoms. The highest BCUT2D eigenvalue weighted by molar-refractivity contribution is 5.98. The van der Waals surface area contributed by atoms with Crippen LogP contribution >= 0.6 is 0 Å². The second kappa shape index (κ2) is 4.96. The number of carbonyl (C=O) groups is 1. The Kier molecular flexibility index (Phi) is 3.22. The maximum atomic E-state index is 12.0. The van der Waals surface area contributed by atoms with E-state index < -0.39 is 0 Å². The standard InChI is InChI=1S/C18H17N3O/c1-10-11(2)16(8-19)17(20-12(10)3)13-5-6-15-14(7-13)9-21(4)18(15)22/h5-7H,9H2,1-4H3. The number of nitriles is 1. The second-order valence-electron chi connectivity index (χ2n) is 5.82. The monoisotopic (exact) mass is 291 g/mol. The molecule has 0 radical (unpaired) electrons. The van der Waals surface area contributed by atoms with Crippen molar-refractivity contribution in [3.8, 4) is 17.3 Å². The summed E-state index contributed by atoms with van der Waals surface area (Å²) in [4.78, 5) is 18.3. The number of pyridine rings is 1. The minimum absolute atomic E-state index is 0.0475. The van der Waals surface area contributed by atoms with E-state index in [0.29, 0.717) is 17.8 Å². The minimum atomic E-state index is 0.0475. The number of aromatic nitrogens is 1. The molecule has 0 spiro atoms. The third-order valence-electron chi connectivity index (χ3n) is 4.47. The molecule has 4 nitrogen and oxygen atoms in total. The van der Waals surface area contributed by atoms with Crippen LogP contribution in [-0.2, 0) is 6.54 Å². The van der Waals surface area contributed by atoms with Crippen molar-refractivity contribution in [1.82, 2.24) is 9.88 Å². The number of hydrogen-bond donors (Lipinski definition) is 0. The maximum absolute atomic E-state index is 12.0. The molecule has 0 aliphatic carbocycles. The summed E-state index contributed by atoms with van der Waals surface area (Å²) in [7, 11) is 1.79. The van der Waals surface area contributed by atoms with Crippen molar-refractivity contribution in [2.45, 2.75) is 27.3 Å². The van der Waals surface area contributed by atoms with Gasteiger partial charge in [-0.2, -0.15) is 5.26 Å². The van der Waals surface area contributed by atoms with Crippen molar-refractivity contribution >= 4 is 5.91 Å². The van der Waals surface area contributed by atoms with E-state index in [9.17, 15) is 10.1 Å². The Balaban J connectivity index is 2.21. The van der Waals surface area contributed by atoms with Gasteiger partial charge in [0.1, 0.15) is 6.07 Å². The predicted molar refractivity (Wildman–Crippen MR) is 84.4 cm³/mol. The Morgan fingerprint density at radius 3 is 2.64 bits per heavy atom. The summed E-state index contributed by atoms with van der Waals surface area (Å²) in [5.41, 5.74) is 6.89. The first kappa shape index (κ1) is 14.3. The van der Waals surface area contributed by atoms with Crippen LogP contribution in [0.25, 0.3) is 11.3 Å². The van der Waals surface area contributed by atoms with Crippen LogP contribution < -0.4 is 0 Å². The Bertz CT molecular complexity index is 846. The molecule has 1 amide bonds. The smallest absolute Gasteiger partial charge is 0.254 e. The summed E-state index contributed by atoms with van der Waals surface area (Å²) < 4.78 is 0. The molecular weight excluding hydrogens is 274 g/mol. The summed E-state index contributed by atoms with van der Waals surface area (Å²) in [5, 5.41) is 9.50. The highest BCUT2D eigenvalue weighted by Crippen LogP contribution is 2.31. The Labute approximate surface area is 130 Å². The van der Waals surface area contributed by atoms with Gasteiger partial charge in [-0.25, -0.2) is 0 Å². The van der Waals surface area contributed by atoms with Gasteiger partial charge in [-0.1, -0.05) is 6.07 Å². The number of rotatable bonds is 1. The lowest BCUT2D eigenvalue weighted by molar-refractivity contribution is 0.0816. The first-order valence-corrected chi connectivity index (χ1v) is 7.20. The topological polar surface area (TPSA) is 57.0 Å². The maximum Gasteiger partial charge on any atom is 0.254 e. The number of aryl methyl sites for hydroxylation is 1. The van der Waals surface area contributed by atoms with E-state index in [4.69, 9.17) is 0 Å².